The molecule has 0 aromatic rings. The Balaban J connectivity index is 2.34. The van der Waals surface area contributed by atoms with Gasteiger partial charge in [0, 0.05) is 26.2 Å². The molecular formula is C10H19N3O3. The standard InChI is InChI=1S/C10H19N3O3/c1-8(11)10(15)13-5-3-12(4-6-13)7-9(14)16-2/h8H,3-7,11H2,1-2H3/t8-/m0/s1. The summed E-state index contributed by atoms with van der Waals surface area (Å²) in [6, 6.07) is -0.452. The number of esters is 1. The van der Waals surface area contributed by atoms with Crippen molar-refractivity contribution in [2.75, 3.05) is 39.8 Å². The second-order valence-electron chi connectivity index (χ2n) is 3.97. The topological polar surface area (TPSA) is 75.9 Å². The van der Waals surface area contributed by atoms with Crippen LogP contribution in [0.15, 0.2) is 0 Å². The minimum absolute atomic E-state index is 0.0299. The lowest BCUT2D eigenvalue weighted by Gasteiger charge is -2.34. The quantitative estimate of drug-likeness (QED) is 0.606. The molecule has 0 unspecified atom stereocenters. The molecule has 0 bridgehead atoms. The van der Waals surface area contributed by atoms with Crippen LogP contribution < -0.4 is 5.73 Å². The van der Waals surface area contributed by atoms with Crippen LogP contribution in [-0.2, 0) is 14.3 Å². The molecule has 0 aliphatic carbocycles. The van der Waals surface area contributed by atoms with Crippen LogP contribution in [0.4, 0.5) is 0 Å². The van der Waals surface area contributed by atoms with Crippen molar-refractivity contribution < 1.29 is 14.3 Å². The van der Waals surface area contributed by atoms with Crippen molar-refractivity contribution in [2.24, 2.45) is 5.73 Å². The van der Waals surface area contributed by atoms with Crippen LogP contribution in [0, 0.1) is 0 Å². The summed E-state index contributed by atoms with van der Waals surface area (Å²) in [5.41, 5.74) is 5.52. The molecule has 1 aliphatic rings. The molecule has 0 aromatic carbocycles. The van der Waals surface area contributed by atoms with Gasteiger partial charge < -0.3 is 15.4 Å². The lowest BCUT2D eigenvalue weighted by molar-refractivity contribution is -0.142. The van der Waals surface area contributed by atoms with E-state index in [0.717, 1.165) is 0 Å². The Kier molecular flexibility index (Phi) is 4.70. The Morgan fingerprint density at radius 1 is 1.31 bits per heavy atom. The first-order valence-corrected chi connectivity index (χ1v) is 5.38. The Morgan fingerprint density at radius 2 is 1.88 bits per heavy atom. The van der Waals surface area contributed by atoms with Crippen LogP contribution in [0.1, 0.15) is 6.92 Å². The fraction of sp³-hybridized carbons (Fsp3) is 0.800. The van der Waals surface area contributed by atoms with Crippen molar-refractivity contribution in [1.82, 2.24) is 9.80 Å². The van der Waals surface area contributed by atoms with Gasteiger partial charge in [-0.3, -0.25) is 14.5 Å². The van der Waals surface area contributed by atoms with Crippen molar-refractivity contribution in [2.45, 2.75) is 13.0 Å². The van der Waals surface area contributed by atoms with E-state index in [1.54, 1.807) is 11.8 Å². The zero-order valence-corrected chi connectivity index (χ0v) is 9.81. The van der Waals surface area contributed by atoms with Crippen LogP contribution in [0.25, 0.3) is 0 Å². The minimum atomic E-state index is -0.452. The van der Waals surface area contributed by atoms with Gasteiger partial charge in [0.05, 0.1) is 19.7 Å². The molecule has 0 aromatic heterocycles. The highest BCUT2D eigenvalue weighted by Gasteiger charge is 2.23. The molecule has 0 spiro atoms. The van der Waals surface area contributed by atoms with Crippen molar-refractivity contribution in [1.29, 1.82) is 0 Å². The summed E-state index contributed by atoms with van der Waals surface area (Å²) in [6.45, 7) is 4.59. The number of nitrogens with zero attached hydrogens (tertiary/aromatic N) is 2. The van der Waals surface area contributed by atoms with E-state index in [1.807, 2.05) is 4.90 Å². The van der Waals surface area contributed by atoms with Crippen LogP contribution in [0.2, 0.25) is 0 Å². The average Bonchev–Trinajstić information content (AvgIpc) is 2.28. The van der Waals surface area contributed by atoms with Gasteiger partial charge in [-0.25, -0.2) is 0 Å². The van der Waals surface area contributed by atoms with E-state index >= 15 is 0 Å². The SMILES string of the molecule is COC(=O)CN1CCN(C(=O)[C@H](C)N)CC1. The number of carbonyl (C=O) groups excluding carboxylic acids is 2. The van der Waals surface area contributed by atoms with Gasteiger partial charge in [-0.1, -0.05) is 0 Å². The maximum absolute atomic E-state index is 11.6. The van der Waals surface area contributed by atoms with Crippen LogP contribution in [0.3, 0.4) is 0 Å². The van der Waals surface area contributed by atoms with E-state index in [2.05, 4.69) is 4.74 Å². The fourth-order valence-corrected chi connectivity index (χ4v) is 1.66. The number of carbonyl (C=O) groups is 2. The summed E-state index contributed by atoms with van der Waals surface area (Å²) in [4.78, 5) is 26.3. The lowest BCUT2D eigenvalue weighted by Crippen LogP contribution is -2.53. The molecule has 0 saturated carbocycles. The first-order valence-electron chi connectivity index (χ1n) is 5.38. The largest absolute Gasteiger partial charge is 0.468 e. The van der Waals surface area contributed by atoms with Gasteiger partial charge in [-0.05, 0) is 6.92 Å². The molecule has 16 heavy (non-hydrogen) atoms. The molecule has 1 heterocycles. The molecule has 1 atom stereocenters. The maximum atomic E-state index is 11.6. The van der Waals surface area contributed by atoms with Crippen LogP contribution in [-0.4, -0.2) is 67.6 Å². The van der Waals surface area contributed by atoms with Crippen molar-refractivity contribution in [3.63, 3.8) is 0 Å². The Hall–Kier alpha value is -1.14. The van der Waals surface area contributed by atoms with Gasteiger partial charge in [-0.2, -0.15) is 0 Å². The number of hydrogen-bond donors (Lipinski definition) is 1. The van der Waals surface area contributed by atoms with Gasteiger partial charge in [0.2, 0.25) is 5.91 Å². The number of methoxy groups -OCH3 is 1. The van der Waals surface area contributed by atoms with Crippen molar-refractivity contribution in [3.05, 3.63) is 0 Å². The normalized spacial score (nSPS) is 19.3. The minimum Gasteiger partial charge on any atom is -0.468 e. The Morgan fingerprint density at radius 3 is 2.31 bits per heavy atom. The summed E-state index contributed by atoms with van der Waals surface area (Å²) in [5, 5.41) is 0. The van der Waals surface area contributed by atoms with E-state index in [4.69, 9.17) is 5.73 Å². The molecule has 1 saturated heterocycles. The molecule has 6 nitrogen and oxygen atoms in total. The molecule has 6 heteroatoms. The van der Waals surface area contributed by atoms with Gasteiger partial charge in [-0.15, -0.1) is 0 Å². The highest BCUT2D eigenvalue weighted by Crippen LogP contribution is 2.03. The highest BCUT2D eigenvalue weighted by atomic mass is 16.5. The Labute approximate surface area is 95.3 Å². The first-order chi connectivity index (χ1) is 7.54. The average molecular weight is 229 g/mol. The van der Waals surface area contributed by atoms with Crippen LogP contribution in [0.5, 0.6) is 0 Å². The third kappa shape index (κ3) is 3.46. The number of hydrogen-bond acceptors (Lipinski definition) is 5. The number of amides is 1. The molecule has 1 fully saturated rings. The second kappa shape index (κ2) is 5.81. The highest BCUT2D eigenvalue weighted by molar-refractivity contribution is 5.81. The summed E-state index contributed by atoms with van der Waals surface area (Å²) >= 11 is 0. The third-order valence-electron chi connectivity index (χ3n) is 2.65. The number of ether oxygens (including phenoxy) is 1. The van der Waals surface area contributed by atoms with Crippen molar-refractivity contribution in [3.8, 4) is 0 Å². The van der Waals surface area contributed by atoms with E-state index in [1.165, 1.54) is 7.11 Å². The van der Waals surface area contributed by atoms with E-state index in [0.29, 0.717) is 26.2 Å². The predicted molar refractivity (Wildman–Crippen MR) is 58.7 cm³/mol. The number of nitrogens with two attached hydrogens (primary N) is 1. The van der Waals surface area contributed by atoms with Gasteiger partial charge in [0.25, 0.3) is 0 Å². The summed E-state index contributed by atoms with van der Waals surface area (Å²) in [6.07, 6.45) is 0. The number of piperazine rings is 1. The molecule has 2 N–H and O–H groups in total. The summed E-state index contributed by atoms with van der Waals surface area (Å²) in [7, 11) is 1.37. The predicted octanol–water partition coefficient (Wildman–Crippen LogP) is -1.35. The lowest BCUT2D eigenvalue weighted by atomic mass is 10.2. The second-order valence-corrected chi connectivity index (χ2v) is 3.97. The smallest absolute Gasteiger partial charge is 0.319 e. The molecule has 92 valence electrons. The monoisotopic (exact) mass is 229 g/mol. The zero-order chi connectivity index (χ0) is 12.1. The Bertz CT molecular complexity index is 260. The maximum Gasteiger partial charge on any atom is 0.319 e. The summed E-state index contributed by atoms with van der Waals surface area (Å²) < 4.78 is 4.58. The third-order valence-corrected chi connectivity index (χ3v) is 2.65. The zero-order valence-electron chi connectivity index (χ0n) is 9.81. The number of rotatable bonds is 3. The summed E-state index contributed by atoms with van der Waals surface area (Å²) in [5.74, 6) is -0.273. The van der Waals surface area contributed by atoms with Gasteiger partial charge in [0.15, 0.2) is 0 Å². The molecule has 0 radical (unpaired) electrons. The van der Waals surface area contributed by atoms with Gasteiger partial charge >= 0.3 is 5.97 Å². The fourth-order valence-electron chi connectivity index (χ4n) is 1.66. The van der Waals surface area contributed by atoms with E-state index in [9.17, 15) is 9.59 Å². The molecule has 1 rings (SSSR count). The van der Waals surface area contributed by atoms with Crippen molar-refractivity contribution >= 4 is 11.9 Å². The van der Waals surface area contributed by atoms with Gasteiger partial charge in [0.1, 0.15) is 0 Å². The van der Waals surface area contributed by atoms with E-state index in [-0.39, 0.29) is 18.4 Å². The van der Waals surface area contributed by atoms with E-state index < -0.39 is 6.04 Å². The molecule has 1 amide bonds. The molecular weight excluding hydrogens is 210 g/mol. The molecule has 1 aliphatic heterocycles. The van der Waals surface area contributed by atoms with Crippen LogP contribution >= 0.6 is 0 Å². The first kappa shape index (κ1) is 12.9.